The van der Waals surface area contributed by atoms with Crippen LogP contribution < -0.4 is 5.32 Å². The van der Waals surface area contributed by atoms with Crippen molar-refractivity contribution >= 4 is 18.4 Å². The first-order valence-corrected chi connectivity index (χ1v) is 4.89. The predicted octanol–water partition coefficient (Wildman–Crippen LogP) is 1.91. The molecule has 1 heterocycles. The summed E-state index contributed by atoms with van der Waals surface area (Å²) in [5.41, 5.74) is 0.0798. The molecule has 0 aliphatic carbocycles. The van der Waals surface area contributed by atoms with Crippen molar-refractivity contribution in [1.82, 2.24) is 5.32 Å². The second-order valence-electron chi connectivity index (χ2n) is 4.88. The van der Waals surface area contributed by atoms with Crippen LogP contribution in [0.4, 0.5) is 0 Å². The third-order valence-corrected chi connectivity index (χ3v) is 2.84. The van der Waals surface area contributed by atoms with Crippen LogP contribution in [0.5, 0.6) is 0 Å². The van der Waals surface area contributed by atoms with Crippen LogP contribution in [0.15, 0.2) is 0 Å². The van der Waals surface area contributed by atoms with Crippen molar-refractivity contribution in [1.29, 1.82) is 0 Å². The Labute approximate surface area is 91.7 Å². The van der Waals surface area contributed by atoms with Gasteiger partial charge < -0.3 is 10.4 Å². The Bertz CT molecular complexity index is 201. The fraction of sp³-hybridized carbons (Fsp3) is 0.900. The molecule has 1 aliphatic heterocycles. The zero-order valence-corrected chi connectivity index (χ0v) is 9.86. The van der Waals surface area contributed by atoms with E-state index in [0.29, 0.717) is 0 Å². The highest BCUT2D eigenvalue weighted by Gasteiger charge is 2.37. The van der Waals surface area contributed by atoms with Crippen LogP contribution >= 0.6 is 12.4 Å². The SMILES string of the molecule is CC(C)(C)C1CCCNC1C(=O)O.Cl. The summed E-state index contributed by atoms with van der Waals surface area (Å²) in [4.78, 5) is 10.9. The van der Waals surface area contributed by atoms with Gasteiger partial charge in [0.05, 0.1) is 0 Å². The van der Waals surface area contributed by atoms with Crippen molar-refractivity contribution in [2.75, 3.05) is 6.54 Å². The summed E-state index contributed by atoms with van der Waals surface area (Å²) in [6, 6.07) is -0.353. The number of carbonyl (C=O) groups is 1. The van der Waals surface area contributed by atoms with Gasteiger partial charge in [-0.2, -0.15) is 0 Å². The minimum Gasteiger partial charge on any atom is -0.480 e. The highest BCUT2D eigenvalue weighted by atomic mass is 35.5. The lowest BCUT2D eigenvalue weighted by Gasteiger charge is -2.38. The van der Waals surface area contributed by atoms with Crippen molar-refractivity contribution in [3.8, 4) is 0 Å². The van der Waals surface area contributed by atoms with Gasteiger partial charge in [0.1, 0.15) is 6.04 Å². The minimum absolute atomic E-state index is 0. The molecular formula is C10H20ClNO2. The maximum atomic E-state index is 10.9. The number of aliphatic carboxylic acids is 1. The second-order valence-corrected chi connectivity index (χ2v) is 4.88. The molecule has 2 unspecified atom stereocenters. The number of rotatable bonds is 1. The molecule has 1 fully saturated rings. The number of carboxylic acids is 1. The normalized spacial score (nSPS) is 27.9. The van der Waals surface area contributed by atoms with E-state index in [1.165, 1.54) is 0 Å². The van der Waals surface area contributed by atoms with Crippen molar-refractivity contribution in [2.24, 2.45) is 11.3 Å². The largest absolute Gasteiger partial charge is 0.480 e. The molecule has 0 radical (unpaired) electrons. The van der Waals surface area contributed by atoms with Crippen molar-refractivity contribution < 1.29 is 9.90 Å². The van der Waals surface area contributed by atoms with Gasteiger partial charge in [0, 0.05) is 0 Å². The molecule has 0 saturated carbocycles. The van der Waals surface area contributed by atoms with Gasteiger partial charge >= 0.3 is 5.97 Å². The van der Waals surface area contributed by atoms with Crippen molar-refractivity contribution in [2.45, 2.75) is 39.7 Å². The zero-order chi connectivity index (χ0) is 10.1. The molecule has 3 nitrogen and oxygen atoms in total. The molecule has 1 rings (SSSR count). The number of carboxylic acid groups (broad SMARTS) is 1. The average molecular weight is 222 g/mol. The van der Waals surface area contributed by atoms with E-state index >= 15 is 0 Å². The first-order chi connectivity index (χ1) is 5.93. The first kappa shape index (κ1) is 13.7. The van der Waals surface area contributed by atoms with Crippen LogP contribution in [0.3, 0.4) is 0 Å². The lowest BCUT2D eigenvalue weighted by Crippen LogP contribution is -2.51. The molecule has 0 aromatic rings. The van der Waals surface area contributed by atoms with E-state index in [1.54, 1.807) is 0 Å². The van der Waals surface area contributed by atoms with Gasteiger partial charge in [0.2, 0.25) is 0 Å². The lowest BCUT2D eigenvalue weighted by molar-refractivity contribution is -0.143. The summed E-state index contributed by atoms with van der Waals surface area (Å²) in [5.74, 6) is -0.460. The van der Waals surface area contributed by atoms with E-state index in [1.807, 2.05) is 0 Å². The predicted molar refractivity (Wildman–Crippen MR) is 58.9 cm³/mol. The molecule has 2 atom stereocenters. The standard InChI is InChI=1S/C10H19NO2.ClH/c1-10(2,3)7-5-4-6-11-8(7)9(12)13;/h7-8,11H,4-6H2,1-3H3,(H,12,13);1H. The van der Waals surface area contributed by atoms with Crippen LogP contribution in [0.2, 0.25) is 0 Å². The third-order valence-electron chi connectivity index (χ3n) is 2.84. The molecule has 1 aliphatic rings. The van der Waals surface area contributed by atoms with E-state index < -0.39 is 5.97 Å². The van der Waals surface area contributed by atoms with Gasteiger partial charge in [0.15, 0.2) is 0 Å². The van der Waals surface area contributed by atoms with E-state index in [-0.39, 0.29) is 29.8 Å². The van der Waals surface area contributed by atoms with Crippen LogP contribution in [-0.4, -0.2) is 23.7 Å². The van der Waals surface area contributed by atoms with Gasteiger partial charge in [0.25, 0.3) is 0 Å². The fourth-order valence-electron chi connectivity index (χ4n) is 2.08. The average Bonchev–Trinajstić information content (AvgIpc) is 2.03. The Morgan fingerprint density at radius 2 is 2.00 bits per heavy atom. The molecule has 0 bridgehead atoms. The lowest BCUT2D eigenvalue weighted by atomic mass is 9.72. The summed E-state index contributed by atoms with van der Waals surface area (Å²) in [5, 5.41) is 12.1. The van der Waals surface area contributed by atoms with E-state index in [4.69, 9.17) is 5.11 Å². The quantitative estimate of drug-likeness (QED) is 0.711. The molecular weight excluding hydrogens is 202 g/mol. The van der Waals surface area contributed by atoms with Gasteiger partial charge in [-0.05, 0) is 30.7 Å². The molecule has 2 N–H and O–H groups in total. The van der Waals surface area contributed by atoms with Crippen molar-refractivity contribution in [3.63, 3.8) is 0 Å². The number of piperidine rings is 1. The van der Waals surface area contributed by atoms with Gasteiger partial charge in [-0.1, -0.05) is 20.8 Å². The first-order valence-electron chi connectivity index (χ1n) is 4.89. The second kappa shape index (κ2) is 4.99. The number of hydrogen-bond donors (Lipinski definition) is 2. The van der Waals surface area contributed by atoms with Gasteiger partial charge in [-0.25, -0.2) is 0 Å². The summed E-state index contributed by atoms with van der Waals surface area (Å²) < 4.78 is 0. The maximum absolute atomic E-state index is 10.9. The molecule has 0 amide bonds. The van der Waals surface area contributed by atoms with Gasteiger partial charge in [-0.15, -0.1) is 12.4 Å². The molecule has 1 saturated heterocycles. The Balaban J connectivity index is 0.00000169. The summed E-state index contributed by atoms with van der Waals surface area (Å²) in [6.07, 6.45) is 2.11. The number of hydrogen-bond acceptors (Lipinski definition) is 2. The Morgan fingerprint density at radius 1 is 1.43 bits per heavy atom. The summed E-state index contributed by atoms with van der Waals surface area (Å²) in [7, 11) is 0. The molecule has 0 spiro atoms. The van der Waals surface area contributed by atoms with Crippen LogP contribution in [-0.2, 0) is 4.79 Å². The molecule has 14 heavy (non-hydrogen) atoms. The highest BCUT2D eigenvalue weighted by Crippen LogP contribution is 2.34. The number of nitrogens with one attached hydrogen (secondary N) is 1. The van der Waals surface area contributed by atoms with Crippen LogP contribution in [0.25, 0.3) is 0 Å². The van der Waals surface area contributed by atoms with Crippen LogP contribution in [0.1, 0.15) is 33.6 Å². The zero-order valence-electron chi connectivity index (χ0n) is 9.04. The minimum atomic E-state index is -0.709. The number of halogens is 1. The molecule has 4 heteroatoms. The third kappa shape index (κ3) is 3.14. The molecule has 0 aromatic heterocycles. The summed E-state index contributed by atoms with van der Waals surface area (Å²) in [6.45, 7) is 7.17. The van der Waals surface area contributed by atoms with Gasteiger partial charge in [-0.3, -0.25) is 4.79 Å². The van der Waals surface area contributed by atoms with Crippen molar-refractivity contribution in [3.05, 3.63) is 0 Å². The van der Waals surface area contributed by atoms with E-state index in [2.05, 4.69) is 26.1 Å². The molecule has 84 valence electrons. The monoisotopic (exact) mass is 221 g/mol. The Hall–Kier alpha value is -0.280. The fourth-order valence-corrected chi connectivity index (χ4v) is 2.08. The van der Waals surface area contributed by atoms with E-state index in [9.17, 15) is 4.79 Å². The highest BCUT2D eigenvalue weighted by molar-refractivity contribution is 5.85. The maximum Gasteiger partial charge on any atom is 0.321 e. The van der Waals surface area contributed by atoms with E-state index in [0.717, 1.165) is 19.4 Å². The van der Waals surface area contributed by atoms with Crippen LogP contribution in [0, 0.1) is 11.3 Å². The topological polar surface area (TPSA) is 49.3 Å². The smallest absolute Gasteiger partial charge is 0.321 e. The Kier molecular flexibility index (Phi) is 4.89. The molecule has 0 aromatic carbocycles. The summed E-state index contributed by atoms with van der Waals surface area (Å²) >= 11 is 0. The Morgan fingerprint density at radius 3 is 2.36 bits per heavy atom.